The highest BCUT2D eigenvalue weighted by Gasteiger charge is 2.14. The number of esters is 1. The quantitative estimate of drug-likeness (QED) is 0.591. The smallest absolute Gasteiger partial charge is 0.342 e. The third-order valence-corrected chi connectivity index (χ3v) is 2.38. The maximum atomic E-state index is 11.8. The molecule has 0 fully saturated rings. The van der Waals surface area contributed by atoms with E-state index in [1.807, 2.05) is 6.92 Å². The minimum atomic E-state index is -0.562. The summed E-state index contributed by atoms with van der Waals surface area (Å²) in [5, 5.41) is 2.62. The Balaban J connectivity index is 2.58. The van der Waals surface area contributed by atoms with Gasteiger partial charge in [0.25, 0.3) is 0 Å². The van der Waals surface area contributed by atoms with E-state index < -0.39 is 5.97 Å². The number of hydrogen-bond acceptors (Lipinski definition) is 5. The van der Waals surface area contributed by atoms with Crippen molar-refractivity contribution in [2.24, 2.45) is 0 Å². The summed E-state index contributed by atoms with van der Waals surface area (Å²) >= 11 is 0. The second-order valence-corrected chi connectivity index (χ2v) is 3.80. The molecule has 0 heterocycles. The molecular formula is C13H18N2O4. The number of nitrogen functional groups attached to an aromatic ring is 1. The molecule has 0 bridgehead atoms. The minimum absolute atomic E-state index is 0.0165. The predicted molar refractivity (Wildman–Crippen MR) is 71.0 cm³/mol. The Morgan fingerprint density at radius 3 is 2.74 bits per heavy atom. The summed E-state index contributed by atoms with van der Waals surface area (Å²) in [6, 6.07) is 4.70. The van der Waals surface area contributed by atoms with Crippen LogP contribution >= 0.6 is 0 Å². The number of amides is 1. The first kappa shape index (κ1) is 14.8. The number of ether oxygens (including phenoxy) is 2. The van der Waals surface area contributed by atoms with E-state index in [0.717, 1.165) is 0 Å². The molecule has 0 unspecified atom stereocenters. The first-order valence-electron chi connectivity index (χ1n) is 5.95. The van der Waals surface area contributed by atoms with E-state index >= 15 is 0 Å². The lowest BCUT2D eigenvalue weighted by Crippen LogP contribution is -2.24. The number of methoxy groups -OCH3 is 1. The molecule has 0 aliphatic carbocycles. The molecule has 1 amide bonds. The van der Waals surface area contributed by atoms with Gasteiger partial charge in [-0.25, -0.2) is 4.79 Å². The van der Waals surface area contributed by atoms with Gasteiger partial charge in [-0.1, -0.05) is 0 Å². The van der Waals surface area contributed by atoms with Gasteiger partial charge in [-0.05, 0) is 25.1 Å². The number of hydrogen-bond donors (Lipinski definition) is 2. The standard InChI is InChI=1S/C13H18N2O4/c1-3-15-12(16)6-7-19-13(17)10-8-9(14)4-5-11(10)18-2/h4-5,8H,3,6-7,14H2,1-2H3,(H,15,16). The molecule has 6 heteroatoms. The molecule has 1 rings (SSSR count). The average Bonchev–Trinajstić information content (AvgIpc) is 2.38. The Morgan fingerprint density at radius 2 is 2.11 bits per heavy atom. The summed E-state index contributed by atoms with van der Waals surface area (Å²) in [6.07, 6.45) is 0.129. The molecule has 0 aliphatic rings. The van der Waals surface area contributed by atoms with Crippen LogP contribution < -0.4 is 15.8 Å². The van der Waals surface area contributed by atoms with Gasteiger partial charge in [-0.15, -0.1) is 0 Å². The number of anilines is 1. The summed E-state index contributed by atoms with van der Waals surface area (Å²) < 4.78 is 10.1. The van der Waals surface area contributed by atoms with Crippen molar-refractivity contribution in [3.05, 3.63) is 23.8 Å². The topological polar surface area (TPSA) is 90.7 Å². The van der Waals surface area contributed by atoms with Gasteiger partial charge in [0.2, 0.25) is 5.91 Å². The molecule has 0 aromatic heterocycles. The summed E-state index contributed by atoms with van der Waals surface area (Å²) in [6.45, 7) is 2.39. The number of benzene rings is 1. The van der Waals surface area contributed by atoms with Crippen molar-refractivity contribution in [1.29, 1.82) is 0 Å². The Kier molecular flexibility index (Phi) is 5.66. The van der Waals surface area contributed by atoms with E-state index in [-0.39, 0.29) is 24.5 Å². The molecule has 6 nitrogen and oxygen atoms in total. The van der Waals surface area contributed by atoms with E-state index in [1.54, 1.807) is 12.1 Å². The van der Waals surface area contributed by atoms with Crippen molar-refractivity contribution in [2.45, 2.75) is 13.3 Å². The number of carbonyl (C=O) groups excluding carboxylic acids is 2. The van der Waals surface area contributed by atoms with Crippen molar-refractivity contribution < 1.29 is 19.1 Å². The molecule has 1 aromatic rings. The van der Waals surface area contributed by atoms with Crippen LogP contribution in [-0.2, 0) is 9.53 Å². The van der Waals surface area contributed by atoms with Gasteiger partial charge < -0.3 is 20.5 Å². The van der Waals surface area contributed by atoms with Crippen LogP contribution in [0.25, 0.3) is 0 Å². The Bertz CT molecular complexity index is 460. The van der Waals surface area contributed by atoms with E-state index in [1.165, 1.54) is 13.2 Å². The lowest BCUT2D eigenvalue weighted by atomic mass is 10.2. The number of carbonyl (C=O) groups is 2. The predicted octanol–water partition coefficient (Wildman–Crippen LogP) is 0.960. The van der Waals surface area contributed by atoms with Gasteiger partial charge in [0.15, 0.2) is 0 Å². The third kappa shape index (κ3) is 4.50. The Hall–Kier alpha value is -2.24. The van der Waals surface area contributed by atoms with Crippen LogP contribution in [0.3, 0.4) is 0 Å². The van der Waals surface area contributed by atoms with Crippen molar-refractivity contribution in [2.75, 3.05) is 26.0 Å². The van der Waals surface area contributed by atoms with Gasteiger partial charge in [0.05, 0.1) is 13.5 Å². The van der Waals surface area contributed by atoms with E-state index in [4.69, 9.17) is 15.2 Å². The summed E-state index contributed by atoms with van der Waals surface area (Å²) in [4.78, 5) is 23.0. The molecule has 19 heavy (non-hydrogen) atoms. The summed E-state index contributed by atoms with van der Waals surface area (Å²) in [5.41, 5.74) is 6.30. The van der Waals surface area contributed by atoms with E-state index in [9.17, 15) is 9.59 Å². The summed E-state index contributed by atoms with van der Waals surface area (Å²) in [5.74, 6) is -0.333. The lowest BCUT2D eigenvalue weighted by Gasteiger charge is -2.09. The SMILES string of the molecule is CCNC(=O)CCOC(=O)c1cc(N)ccc1OC. The number of nitrogens with two attached hydrogens (primary N) is 1. The Labute approximate surface area is 111 Å². The molecule has 1 aromatic carbocycles. The van der Waals surface area contributed by atoms with Crippen LogP contribution in [0, 0.1) is 0 Å². The van der Waals surface area contributed by atoms with Crippen LogP contribution in [0.1, 0.15) is 23.7 Å². The van der Waals surface area contributed by atoms with E-state index in [2.05, 4.69) is 5.32 Å². The zero-order valence-electron chi connectivity index (χ0n) is 11.1. The van der Waals surface area contributed by atoms with Crippen LogP contribution in [-0.4, -0.2) is 32.1 Å². The molecule has 0 saturated carbocycles. The molecule has 0 saturated heterocycles. The van der Waals surface area contributed by atoms with Crippen LogP contribution in [0.15, 0.2) is 18.2 Å². The van der Waals surface area contributed by atoms with Crippen LogP contribution in [0.4, 0.5) is 5.69 Å². The third-order valence-electron chi connectivity index (χ3n) is 2.38. The molecule has 0 atom stereocenters. The number of nitrogens with one attached hydrogen (secondary N) is 1. The maximum Gasteiger partial charge on any atom is 0.342 e. The van der Waals surface area contributed by atoms with Gasteiger partial charge in [0.1, 0.15) is 17.9 Å². The Morgan fingerprint density at radius 1 is 1.37 bits per heavy atom. The van der Waals surface area contributed by atoms with Crippen molar-refractivity contribution in [3.63, 3.8) is 0 Å². The second kappa shape index (κ2) is 7.25. The fourth-order valence-corrected chi connectivity index (χ4v) is 1.48. The molecule has 3 N–H and O–H groups in total. The highest BCUT2D eigenvalue weighted by atomic mass is 16.5. The highest BCUT2D eigenvalue weighted by molar-refractivity contribution is 5.93. The van der Waals surface area contributed by atoms with Gasteiger partial charge in [-0.3, -0.25) is 4.79 Å². The fourth-order valence-electron chi connectivity index (χ4n) is 1.48. The lowest BCUT2D eigenvalue weighted by molar-refractivity contribution is -0.121. The van der Waals surface area contributed by atoms with Gasteiger partial charge in [0, 0.05) is 12.2 Å². The first-order chi connectivity index (χ1) is 9.08. The molecule has 104 valence electrons. The normalized spacial score (nSPS) is 9.79. The fraction of sp³-hybridized carbons (Fsp3) is 0.385. The molecule has 0 radical (unpaired) electrons. The zero-order chi connectivity index (χ0) is 14.3. The van der Waals surface area contributed by atoms with Crippen molar-refractivity contribution >= 4 is 17.6 Å². The number of rotatable bonds is 6. The average molecular weight is 266 g/mol. The monoisotopic (exact) mass is 266 g/mol. The van der Waals surface area contributed by atoms with Crippen LogP contribution in [0.5, 0.6) is 5.75 Å². The zero-order valence-corrected chi connectivity index (χ0v) is 11.1. The van der Waals surface area contributed by atoms with Gasteiger partial charge in [-0.2, -0.15) is 0 Å². The highest BCUT2D eigenvalue weighted by Crippen LogP contribution is 2.21. The first-order valence-corrected chi connectivity index (χ1v) is 5.95. The van der Waals surface area contributed by atoms with Crippen molar-refractivity contribution in [3.8, 4) is 5.75 Å². The minimum Gasteiger partial charge on any atom is -0.496 e. The van der Waals surface area contributed by atoms with Gasteiger partial charge >= 0.3 is 5.97 Å². The summed E-state index contributed by atoms with van der Waals surface area (Å²) in [7, 11) is 1.46. The largest absolute Gasteiger partial charge is 0.496 e. The molecule has 0 aliphatic heterocycles. The second-order valence-electron chi connectivity index (χ2n) is 3.80. The van der Waals surface area contributed by atoms with Crippen LogP contribution in [0.2, 0.25) is 0 Å². The van der Waals surface area contributed by atoms with Crippen molar-refractivity contribution in [1.82, 2.24) is 5.32 Å². The maximum absolute atomic E-state index is 11.8. The molecule has 0 spiro atoms. The van der Waals surface area contributed by atoms with E-state index in [0.29, 0.717) is 18.0 Å². The molecular weight excluding hydrogens is 248 g/mol.